The number of nitrogens with zero attached hydrogens (tertiary/aromatic N) is 4. The van der Waals surface area contributed by atoms with Gasteiger partial charge < -0.3 is 9.42 Å². The number of likely N-dealkylation sites (tertiary alicyclic amines) is 1. The fourth-order valence-corrected chi connectivity index (χ4v) is 3.80. The lowest BCUT2D eigenvalue weighted by Crippen LogP contribution is -2.40. The van der Waals surface area contributed by atoms with Crippen molar-refractivity contribution in [2.45, 2.75) is 26.2 Å². The molecule has 1 fully saturated rings. The highest BCUT2D eigenvalue weighted by atomic mass is 16.5. The first-order valence-corrected chi connectivity index (χ1v) is 9.82. The number of rotatable bonds is 4. The number of benzene rings is 2. The van der Waals surface area contributed by atoms with Crippen LogP contribution in [0.1, 0.15) is 40.2 Å². The Morgan fingerprint density at radius 2 is 2.03 bits per heavy atom. The molecule has 0 N–H and O–H groups in total. The van der Waals surface area contributed by atoms with Crippen LogP contribution < -0.4 is 0 Å². The van der Waals surface area contributed by atoms with E-state index in [2.05, 4.69) is 16.2 Å². The summed E-state index contributed by atoms with van der Waals surface area (Å²) in [4.78, 5) is 19.3. The number of aromatic nitrogens is 2. The largest absolute Gasteiger partial charge is 0.339 e. The van der Waals surface area contributed by atoms with E-state index in [1.165, 1.54) is 0 Å². The van der Waals surface area contributed by atoms with Crippen molar-refractivity contribution in [3.63, 3.8) is 0 Å². The van der Waals surface area contributed by atoms with E-state index in [9.17, 15) is 4.79 Å². The number of carbonyl (C=O) groups is 1. The first kappa shape index (κ1) is 18.9. The topological polar surface area (TPSA) is 83.0 Å². The summed E-state index contributed by atoms with van der Waals surface area (Å²) >= 11 is 0. The van der Waals surface area contributed by atoms with E-state index in [0.29, 0.717) is 35.8 Å². The first-order valence-electron chi connectivity index (χ1n) is 9.82. The highest BCUT2D eigenvalue weighted by Gasteiger charge is 2.26. The zero-order valence-electron chi connectivity index (χ0n) is 16.3. The van der Waals surface area contributed by atoms with Gasteiger partial charge in [-0.05, 0) is 55.5 Å². The zero-order chi connectivity index (χ0) is 20.2. The van der Waals surface area contributed by atoms with Gasteiger partial charge in [0.05, 0.1) is 11.6 Å². The third-order valence-electron chi connectivity index (χ3n) is 5.38. The predicted octanol–water partition coefficient (Wildman–Crippen LogP) is 4.01. The summed E-state index contributed by atoms with van der Waals surface area (Å²) in [7, 11) is 0. The molecule has 6 nitrogen and oxygen atoms in total. The maximum Gasteiger partial charge on any atom is 0.253 e. The standard InChI is InChI=1S/C23H22N4O2/c1-16-5-2-3-7-20(16)22-25-21(29-26-22)13-18-6-4-12-27(15-18)23(28)19-10-8-17(14-24)9-11-19/h2-3,5,7-11,18H,4,6,12-13,15H2,1H3/t18-/m0/s1. The first-order chi connectivity index (χ1) is 14.1. The molecule has 0 bridgehead atoms. The second kappa shape index (κ2) is 8.27. The summed E-state index contributed by atoms with van der Waals surface area (Å²) in [5, 5.41) is 13.1. The second-order valence-electron chi connectivity index (χ2n) is 7.48. The summed E-state index contributed by atoms with van der Waals surface area (Å²) < 4.78 is 5.49. The van der Waals surface area contributed by atoms with Gasteiger partial charge in [0.2, 0.25) is 11.7 Å². The average Bonchev–Trinajstić information content (AvgIpc) is 3.22. The normalized spacial score (nSPS) is 16.4. The van der Waals surface area contributed by atoms with Gasteiger partial charge in [0.1, 0.15) is 0 Å². The summed E-state index contributed by atoms with van der Waals surface area (Å²) in [5.41, 5.74) is 3.25. The quantitative estimate of drug-likeness (QED) is 0.676. The van der Waals surface area contributed by atoms with Crippen molar-refractivity contribution < 1.29 is 9.32 Å². The van der Waals surface area contributed by atoms with Gasteiger partial charge in [-0.25, -0.2) is 0 Å². The number of nitriles is 1. The molecule has 1 saturated heterocycles. The van der Waals surface area contributed by atoms with Crippen LogP contribution in [0.5, 0.6) is 0 Å². The Bertz CT molecular complexity index is 1050. The van der Waals surface area contributed by atoms with E-state index in [4.69, 9.17) is 9.78 Å². The smallest absolute Gasteiger partial charge is 0.253 e. The Hall–Kier alpha value is -3.46. The molecule has 1 aliphatic heterocycles. The van der Waals surface area contributed by atoms with Crippen LogP contribution in [0.4, 0.5) is 0 Å². The predicted molar refractivity (Wildman–Crippen MR) is 108 cm³/mol. The van der Waals surface area contributed by atoms with Crippen molar-refractivity contribution in [2.75, 3.05) is 13.1 Å². The number of aryl methyl sites for hydroxylation is 1. The molecule has 29 heavy (non-hydrogen) atoms. The highest BCUT2D eigenvalue weighted by molar-refractivity contribution is 5.94. The molecule has 1 aliphatic rings. The van der Waals surface area contributed by atoms with Crippen LogP contribution >= 0.6 is 0 Å². The van der Waals surface area contributed by atoms with E-state index >= 15 is 0 Å². The SMILES string of the molecule is Cc1ccccc1-c1noc(C[C@@H]2CCCN(C(=O)c3ccc(C#N)cc3)C2)n1. The molecular formula is C23H22N4O2. The van der Waals surface area contributed by atoms with Crippen LogP contribution in [0.25, 0.3) is 11.4 Å². The third kappa shape index (κ3) is 4.19. The number of amides is 1. The third-order valence-corrected chi connectivity index (χ3v) is 5.38. The summed E-state index contributed by atoms with van der Waals surface area (Å²) in [6, 6.07) is 16.8. The number of hydrogen-bond donors (Lipinski definition) is 0. The maximum atomic E-state index is 12.8. The van der Waals surface area contributed by atoms with Gasteiger partial charge in [-0.2, -0.15) is 10.2 Å². The number of hydrogen-bond acceptors (Lipinski definition) is 5. The van der Waals surface area contributed by atoms with Gasteiger partial charge in [0, 0.05) is 30.6 Å². The molecule has 0 spiro atoms. The van der Waals surface area contributed by atoms with Gasteiger partial charge in [-0.3, -0.25) is 4.79 Å². The molecule has 146 valence electrons. The van der Waals surface area contributed by atoms with Crippen molar-refractivity contribution in [1.82, 2.24) is 15.0 Å². The van der Waals surface area contributed by atoms with Crippen molar-refractivity contribution in [3.8, 4) is 17.5 Å². The minimum absolute atomic E-state index is 0.00492. The lowest BCUT2D eigenvalue weighted by molar-refractivity contribution is 0.0668. The highest BCUT2D eigenvalue weighted by Crippen LogP contribution is 2.24. The molecule has 1 aromatic heterocycles. The fraction of sp³-hybridized carbons (Fsp3) is 0.304. The van der Waals surface area contributed by atoms with Crippen LogP contribution in [0.3, 0.4) is 0 Å². The molecule has 6 heteroatoms. The second-order valence-corrected chi connectivity index (χ2v) is 7.48. The molecule has 0 unspecified atom stereocenters. The Morgan fingerprint density at radius 1 is 1.24 bits per heavy atom. The monoisotopic (exact) mass is 386 g/mol. The molecular weight excluding hydrogens is 364 g/mol. The van der Waals surface area contributed by atoms with Crippen LogP contribution in [0.2, 0.25) is 0 Å². The van der Waals surface area contributed by atoms with E-state index < -0.39 is 0 Å². The molecule has 2 aromatic carbocycles. The lowest BCUT2D eigenvalue weighted by atomic mass is 9.94. The average molecular weight is 386 g/mol. The van der Waals surface area contributed by atoms with Crippen molar-refractivity contribution >= 4 is 5.91 Å². The van der Waals surface area contributed by atoms with Gasteiger partial charge in [-0.1, -0.05) is 29.4 Å². The molecule has 0 radical (unpaired) electrons. The molecule has 3 aromatic rings. The van der Waals surface area contributed by atoms with Crippen molar-refractivity contribution in [1.29, 1.82) is 5.26 Å². The Labute approximate surface area is 169 Å². The number of carbonyl (C=O) groups excluding carboxylic acids is 1. The van der Waals surface area contributed by atoms with E-state index in [-0.39, 0.29) is 11.8 Å². The van der Waals surface area contributed by atoms with E-state index in [1.54, 1.807) is 24.3 Å². The summed E-state index contributed by atoms with van der Waals surface area (Å²) in [5.74, 6) is 1.52. The maximum absolute atomic E-state index is 12.8. The van der Waals surface area contributed by atoms with E-state index in [0.717, 1.165) is 30.5 Å². The summed E-state index contributed by atoms with van der Waals surface area (Å²) in [6.07, 6.45) is 2.64. The molecule has 2 heterocycles. The van der Waals surface area contributed by atoms with Gasteiger partial charge in [0.25, 0.3) is 5.91 Å². The van der Waals surface area contributed by atoms with Gasteiger partial charge in [0.15, 0.2) is 0 Å². The van der Waals surface area contributed by atoms with Gasteiger partial charge in [-0.15, -0.1) is 0 Å². The minimum atomic E-state index is 0.00492. The number of piperidine rings is 1. The molecule has 4 rings (SSSR count). The Morgan fingerprint density at radius 3 is 2.79 bits per heavy atom. The van der Waals surface area contributed by atoms with Crippen molar-refractivity contribution in [2.24, 2.45) is 5.92 Å². The lowest BCUT2D eigenvalue weighted by Gasteiger charge is -2.32. The fourth-order valence-electron chi connectivity index (χ4n) is 3.80. The van der Waals surface area contributed by atoms with Gasteiger partial charge >= 0.3 is 0 Å². The van der Waals surface area contributed by atoms with Crippen LogP contribution in [-0.4, -0.2) is 34.0 Å². The Kier molecular flexibility index (Phi) is 5.39. The summed E-state index contributed by atoms with van der Waals surface area (Å²) in [6.45, 7) is 3.44. The van der Waals surface area contributed by atoms with E-state index in [1.807, 2.05) is 36.1 Å². The van der Waals surface area contributed by atoms with Crippen LogP contribution in [-0.2, 0) is 6.42 Å². The van der Waals surface area contributed by atoms with Crippen LogP contribution in [0.15, 0.2) is 53.1 Å². The minimum Gasteiger partial charge on any atom is -0.339 e. The molecule has 0 saturated carbocycles. The van der Waals surface area contributed by atoms with Crippen LogP contribution in [0, 0.1) is 24.2 Å². The molecule has 0 aliphatic carbocycles. The van der Waals surface area contributed by atoms with Crippen molar-refractivity contribution in [3.05, 3.63) is 71.1 Å². The molecule has 1 amide bonds. The Balaban J connectivity index is 1.42. The zero-order valence-corrected chi connectivity index (χ0v) is 16.3. The molecule has 1 atom stereocenters.